The summed E-state index contributed by atoms with van der Waals surface area (Å²) in [6, 6.07) is 10.6. The van der Waals surface area contributed by atoms with Gasteiger partial charge in [-0.3, -0.25) is 19.4 Å². The highest BCUT2D eigenvalue weighted by Gasteiger charge is 2.41. The fourth-order valence-corrected chi connectivity index (χ4v) is 5.54. The summed E-state index contributed by atoms with van der Waals surface area (Å²) in [6.07, 6.45) is 4.40. The van der Waals surface area contributed by atoms with E-state index in [0.29, 0.717) is 13.0 Å². The van der Waals surface area contributed by atoms with Crippen LogP contribution in [0.3, 0.4) is 0 Å². The molecule has 2 atom stereocenters. The molecule has 8 heteroatoms. The number of nitrogens with zero attached hydrogens (tertiary/aromatic N) is 3. The number of nitrogens with two attached hydrogens (primary N) is 1. The smallest absolute Gasteiger partial charge is 0.243 e. The molecular formula is C26H41N5O3. The van der Waals surface area contributed by atoms with Crippen molar-refractivity contribution in [1.29, 1.82) is 0 Å². The Balaban J connectivity index is 1.42. The highest BCUT2D eigenvalue weighted by molar-refractivity contribution is 5.87. The van der Waals surface area contributed by atoms with Gasteiger partial charge in [-0.15, -0.1) is 0 Å². The van der Waals surface area contributed by atoms with Crippen molar-refractivity contribution in [2.24, 2.45) is 5.73 Å². The first-order valence-corrected chi connectivity index (χ1v) is 12.9. The predicted octanol–water partition coefficient (Wildman–Crippen LogP) is 1.20. The molecule has 8 nitrogen and oxygen atoms in total. The lowest BCUT2D eigenvalue weighted by Gasteiger charge is -2.33. The van der Waals surface area contributed by atoms with E-state index >= 15 is 0 Å². The van der Waals surface area contributed by atoms with Gasteiger partial charge < -0.3 is 20.7 Å². The van der Waals surface area contributed by atoms with Gasteiger partial charge in [0.05, 0.1) is 13.2 Å². The van der Waals surface area contributed by atoms with Crippen LogP contribution >= 0.6 is 0 Å². The Bertz CT molecular complexity index is 793. The van der Waals surface area contributed by atoms with Crippen molar-refractivity contribution in [3.63, 3.8) is 0 Å². The number of hydrogen-bond donors (Lipinski definition) is 2. The average Bonchev–Trinajstić information content (AvgIpc) is 3.31. The zero-order valence-corrected chi connectivity index (χ0v) is 20.5. The molecule has 0 bridgehead atoms. The van der Waals surface area contributed by atoms with Crippen LogP contribution in [0.4, 0.5) is 0 Å². The molecule has 34 heavy (non-hydrogen) atoms. The van der Waals surface area contributed by atoms with Crippen LogP contribution in [-0.2, 0) is 20.9 Å². The largest absolute Gasteiger partial charge is 0.379 e. The van der Waals surface area contributed by atoms with E-state index in [2.05, 4.69) is 39.4 Å². The Morgan fingerprint density at radius 3 is 2.50 bits per heavy atom. The molecule has 2 unspecified atom stereocenters. The van der Waals surface area contributed by atoms with Crippen LogP contribution in [0.5, 0.6) is 0 Å². The minimum atomic E-state index is -0.403. The lowest BCUT2D eigenvalue weighted by Crippen LogP contribution is -2.49. The molecule has 3 fully saturated rings. The molecule has 1 saturated carbocycles. The number of morpholine rings is 1. The number of carbonyl (C=O) groups is 2. The molecule has 0 radical (unpaired) electrons. The molecule has 188 valence electrons. The van der Waals surface area contributed by atoms with Crippen molar-refractivity contribution in [1.82, 2.24) is 20.0 Å². The Kier molecular flexibility index (Phi) is 8.94. The second-order valence-electron chi connectivity index (χ2n) is 10.1. The molecule has 1 aliphatic carbocycles. The van der Waals surface area contributed by atoms with Gasteiger partial charge in [0, 0.05) is 64.3 Å². The summed E-state index contributed by atoms with van der Waals surface area (Å²) in [7, 11) is 0. The normalized spacial score (nSPS) is 28.3. The number of ether oxygens (including phenoxy) is 1. The minimum Gasteiger partial charge on any atom is -0.379 e. The lowest BCUT2D eigenvalue weighted by atomic mass is 9.91. The number of benzene rings is 1. The maximum atomic E-state index is 13.3. The maximum absolute atomic E-state index is 13.3. The molecule has 3 aliphatic rings. The quantitative estimate of drug-likeness (QED) is 0.592. The van der Waals surface area contributed by atoms with E-state index in [1.165, 1.54) is 5.56 Å². The summed E-state index contributed by atoms with van der Waals surface area (Å²) in [5, 5.41) is 3.23. The fourth-order valence-electron chi connectivity index (χ4n) is 5.54. The van der Waals surface area contributed by atoms with Gasteiger partial charge in [-0.25, -0.2) is 0 Å². The topological polar surface area (TPSA) is 91.1 Å². The lowest BCUT2D eigenvalue weighted by molar-refractivity contribution is -0.137. The van der Waals surface area contributed by atoms with Crippen LogP contribution in [0, 0.1) is 0 Å². The summed E-state index contributed by atoms with van der Waals surface area (Å²) in [5.74, 6) is -0.0350. The van der Waals surface area contributed by atoms with E-state index in [1.54, 1.807) is 11.8 Å². The van der Waals surface area contributed by atoms with Gasteiger partial charge in [0.25, 0.3) is 0 Å². The zero-order valence-electron chi connectivity index (χ0n) is 20.5. The van der Waals surface area contributed by atoms with E-state index in [4.69, 9.17) is 10.5 Å². The molecule has 1 aromatic carbocycles. The van der Waals surface area contributed by atoms with Gasteiger partial charge in [0.1, 0.15) is 6.04 Å². The third-order valence-electron chi connectivity index (χ3n) is 7.66. The van der Waals surface area contributed by atoms with E-state index in [-0.39, 0.29) is 29.9 Å². The average molecular weight is 472 g/mol. The molecular weight excluding hydrogens is 430 g/mol. The van der Waals surface area contributed by atoms with E-state index < -0.39 is 6.04 Å². The Morgan fingerprint density at radius 2 is 1.82 bits per heavy atom. The van der Waals surface area contributed by atoms with Gasteiger partial charge in [-0.05, 0) is 37.7 Å². The Morgan fingerprint density at radius 1 is 1.12 bits per heavy atom. The zero-order chi connectivity index (χ0) is 23.9. The van der Waals surface area contributed by atoms with Gasteiger partial charge in [-0.2, -0.15) is 0 Å². The van der Waals surface area contributed by atoms with Crippen molar-refractivity contribution in [3.05, 3.63) is 35.9 Å². The summed E-state index contributed by atoms with van der Waals surface area (Å²) in [4.78, 5) is 32.5. The number of carbonyl (C=O) groups excluding carboxylic acids is 2. The van der Waals surface area contributed by atoms with Crippen molar-refractivity contribution >= 4 is 11.8 Å². The third-order valence-corrected chi connectivity index (χ3v) is 7.66. The van der Waals surface area contributed by atoms with E-state index in [0.717, 1.165) is 71.6 Å². The molecule has 2 amide bonds. The van der Waals surface area contributed by atoms with Crippen molar-refractivity contribution in [3.8, 4) is 0 Å². The van der Waals surface area contributed by atoms with Crippen LogP contribution in [-0.4, -0.2) is 96.6 Å². The molecule has 0 spiro atoms. The van der Waals surface area contributed by atoms with Crippen LogP contribution < -0.4 is 11.1 Å². The molecule has 0 aromatic heterocycles. The van der Waals surface area contributed by atoms with Gasteiger partial charge in [-0.1, -0.05) is 30.3 Å². The first-order valence-electron chi connectivity index (χ1n) is 12.9. The van der Waals surface area contributed by atoms with Gasteiger partial charge in [0.15, 0.2) is 0 Å². The first-order chi connectivity index (χ1) is 16.5. The number of nitrogens with one attached hydrogen (secondary N) is 1. The van der Waals surface area contributed by atoms with Crippen LogP contribution in [0.15, 0.2) is 30.3 Å². The third kappa shape index (κ3) is 6.78. The fraction of sp³-hybridized carbons (Fsp3) is 0.692. The Labute approximate surface area is 203 Å². The second kappa shape index (κ2) is 12.1. The first kappa shape index (κ1) is 25.1. The van der Waals surface area contributed by atoms with E-state index in [1.807, 2.05) is 6.07 Å². The maximum Gasteiger partial charge on any atom is 0.243 e. The van der Waals surface area contributed by atoms with Crippen molar-refractivity contribution in [2.75, 3.05) is 45.9 Å². The minimum absolute atomic E-state index is 0.00832. The Hall–Kier alpha value is -2.00. The van der Waals surface area contributed by atoms with Crippen LogP contribution in [0.1, 0.15) is 44.6 Å². The number of likely N-dealkylation sites (tertiary alicyclic amines) is 1. The number of amides is 2. The van der Waals surface area contributed by atoms with Crippen molar-refractivity contribution in [2.45, 2.75) is 69.7 Å². The van der Waals surface area contributed by atoms with Crippen LogP contribution in [0.2, 0.25) is 0 Å². The van der Waals surface area contributed by atoms with Gasteiger partial charge >= 0.3 is 0 Å². The molecule has 2 aliphatic heterocycles. The summed E-state index contributed by atoms with van der Waals surface area (Å²) < 4.78 is 5.50. The molecule has 2 heterocycles. The van der Waals surface area contributed by atoms with Crippen molar-refractivity contribution < 1.29 is 14.3 Å². The van der Waals surface area contributed by atoms with E-state index in [9.17, 15) is 9.59 Å². The highest BCUT2D eigenvalue weighted by Crippen LogP contribution is 2.25. The standard InChI is InChI=1S/C26H41N5O3/c1-20(32)31-19-24(17-25(31)26(33)28-23-9-7-22(27)8-10-23)30(18-21-5-3-2-4-6-21)12-11-29-13-15-34-16-14-29/h2-6,22-25H,7-19,27H2,1H3,(H,28,33). The molecule has 2 saturated heterocycles. The number of rotatable bonds is 8. The second-order valence-corrected chi connectivity index (χ2v) is 10.1. The molecule has 3 N–H and O–H groups in total. The summed E-state index contributed by atoms with van der Waals surface area (Å²) in [6.45, 7) is 8.35. The summed E-state index contributed by atoms with van der Waals surface area (Å²) >= 11 is 0. The number of hydrogen-bond acceptors (Lipinski definition) is 6. The monoisotopic (exact) mass is 471 g/mol. The molecule has 1 aromatic rings. The highest BCUT2D eigenvalue weighted by atomic mass is 16.5. The SMILES string of the molecule is CC(=O)N1CC(N(CCN2CCOCC2)Cc2ccccc2)CC1C(=O)NC1CCC(N)CC1. The summed E-state index contributed by atoms with van der Waals surface area (Å²) in [5.41, 5.74) is 7.28. The van der Waals surface area contributed by atoms with Crippen LogP contribution in [0.25, 0.3) is 0 Å². The predicted molar refractivity (Wildman–Crippen MR) is 132 cm³/mol. The molecule has 4 rings (SSSR count). The van der Waals surface area contributed by atoms with Gasteiger partial charge in [0.2, 0.25) is 11.8 Å².